The number of nitrogens with zero attached hydrogens (tertiary/aromatic N) is 2. The van der Waals surface area contributed by atoms with Gasteiger partial charge in [-0.1, -0.05) is 11.6 Å². The van der Waals surface area contributed by atoms with Gasteiger partial charge < -0.3 is 0 Å². The first kappa shape index (κ1) is 14.2. The third kappa shape index (κ3) is 2.36. The van der Waals surface area contributed by atoms with Gasteiger partial charge in [0, 0.05) is 17.2 Å². The van der Waals surface area contributed by atoms with Gasteiger partial charge in [-0.25, -0.2) is 18.2 Å². The van der Waals surface area contributed by atoms with Gasteiger partial charge in [0.1, 0.15) is 17.3 Å². The number of benzene rings is 2. The molecule has 3 rings (SSSR count). The predicted octanol–water partition coefficient (Wildman–Crippen LogP) is 4.84. The Morgan fingerprint density at radius 1 is 1.05 bits per heavy atom. The number of halogens is 5. The van der Waals surface area contributed by atoms with Gasteiger partial charge in [-0.2, -0.15) is 0 Å². The lowest BCUT2D eigenvalue weighted by molar-refractivity contribution is 0.534. The number of aromatic nitrogens is 2. The van der Waals surface area contributed by atoms with Gasteiger partial charge in [-0.3, -0.25) is 4.57 Å². The van der Waals surface area contributed by atoms with Crippen LogP contribution in [0.4, 0.5) is 13.2 Å². The van der Waals surface area contributed by atoms with Crippen LogP contribution in [0.5, 0.6) is 0 Å². The fourth-order valence-corrected chi connectivity index (χ4v) is 2.53. The molecule has 108 valence electrons. The first-order chi connectivity index (χ1) is 10.0. The van der Waals surface area contributed by atoms with Gasteiger partial charge in [-0.15, -0.1) is 11.6 Å². The van der Waals surface area contributed by atoms with Crippen molar-refractivity contribution in [3.8, 4) is 5.69 Å². The van der Waals surface area contributed by atoms with Crippen molar-refractivity contribution < 1.29 is 13.2 Å². The van der Waals surface area contributed by atoms with E-state index in [1.165, 1.54) is 10.6 Å². The van der Waals surface area contributed by atoms with E-state index in [4.69, 9.17) is 23.2 Å². The topological polar surface area (TPSA) is 17.8 Å². The number of hydrogen-bond donors (Lipinski definition) is 0. The summed E-state index contributed by atoms with van der Waals surface area (Å²) >= 11 is 11.7. The summed E-state index contributed by atoms with van der Waals surface area (Å²) in [6, 6.07) is 5.95. The Hall–Kier alpha value is -1.72. The van der Waals surface area contributed by atoms with Crippen LogP contribution in [-0.4, -0.2) is 9.55 Å². The highest BCUT2D eigenvalue weighted by Gasteiger charge is 2.20. The van der Waals surface area contributed by atoms with E-state index >= 15 is 0 Å². The molecule has 2 nitrogen and oxygen atoms in total. The summed E-state index contributed by atoms with van der Waals surface area (Å²) in [4.78, 5) is 4.20. The maximum absolute atomic E-state index is 14.0. The fraction of sp³-hybridized carbons (Fsp3) is 0.0714. The molecule has 21 heavy (non-hydrogen) atoms. The standard InChI is InChI=1S/C14H7Cl2F3N2/c15-6-13-20-11-2-1-7(16)3-12(11)21(13)14-9(18)4-8(17)5-10(14)19/h1-5H,6H2. The van der Waals surface area contributed by atoms with E-state index in [9.17, 15) is 13.2 Å². The Balaban J connectivity index is 2.41. The summed E-state index contributed by atoms with van der Waals surface area (Å²) in [7, 11) is 0. The minimum absolute atomic E-state index is 0.0669. The van der Waals surface area contributed by atoms with Crippen molar-refractivity contribution in [1.29, 1.82) is 0 Å². The summed E-state index contributed by atoms with van der Waals surface area (Å²) in [6.45, 7) is 0. The van der Waals surface area contributed by atoms with Crippen LogP contribution in [-0.2, 0) is 5.88 Å². The van der Waals surface area contributed by atoms with Crippen LogP contribution < -0.4 is 0 Å². The number of imidazole rings is 1. The molecule has 0 atom stereocenters. The number of hydrogen-bond acceptors (Lipinski definition) is 1. The van der Waals surface area contributed by atoms with Crippen LogP contribution >= 0.6 is 23.2 Å². The molecule has 0 aliphatic carbocycles. The Bertz CT molecular complexity index is 823. The molecule has 7 heteroatoms. The van der Waals surface area contributed by atoms with Crippen molar-refractivity contribution in [1.82, 2.24) is 9.55 Å². The normalized spacial score (nSPS) is 11.3. The summed E-state index contributed by atoms with van der Waals surface area (Å²) < 4.78 is 42.3. The minimum Gasteiger partial charge on any atom is -0.290 e. The quantitative estimate of drug-likeness (QED) is 0.615. The first-order valence-corrected chi connectivity index (χ1v) is 6.80. The van der Waals surface area contributed by atoms with Crippen LogP contribution in [0.2, 0.25) is 5.02 Å². The molecular formula is C14H7Cl2F3N2. The Labute approximate surface area is 127 Å². The molecule has 0 N–H and O–H groups in total. The lowest BCUT2D eigenvalue weighted by Gasteiger charge is -2.10. The molecule has 0 unspecified atom stereocenters. The molecule has 0 amide bonds. The molecule has 1 aromatic heterocycles. The van der Waals surface area contributed by atoms with Crippen molar-refractivity contribution in [2.45, 2.75) is 5.88 Å². The second-order valence-corrected chi connectivity index (χ2v) is 5.05. The molecule has 1 heterocycles. The SMILES string of the molecule is Fc1cc(F)c(-n2c(CCl)nc3ccc(Cl)cc32)c(F)c1. The average Bonchev–Trinajstić information content (AvgIpc) is 2.76. The van der Waals surface area contributed by atoms with Crippen LogP contribution in [0, 0.1) is 17.5 Å². The summed E-state index contributed by atoms with van der Waals surface area (Å²) in [5, 5.41) is 0.382. The molecular weight excluding hydrogens is 324 g/mol. The van der Waals surface area contributed by atoms with E-state index in [0.29, 0.717) is 28.2 Å². The average molecular weight is 331 g/mol. The predicted molar refractivity (Wildman–Crippen MR) is 75.5 cm³/mol. The number of rotatable bonds is 2. The van der Waals surface area contributed by atoms with E-state index in [1.54, 1.807) is 12.1 Å². The zero-order valence-corrected chi connectivity index (χ0v) is 11.9. The Morgan fingerprint density at radius 3 is 2.33 bits per heavy atom. The zero-order chi connectivity index (χ0) is 15.1. The highest BCUT2D eigenvalue weighted by molar-refractivity contribution is 6.31. The smallest absolute Gasteiger partial charge is 0.153 e. The monoisotopic (exact) mass is 330 g/mol. The summed E-state index contributed by atoms with van der Waals surface area (Å²) in [5.41, 5.74) is 0.442. The lowest BCUT2D eigenvalue weighted by Crippen LogP contribution is -2.06. The molecule has 2 aromatic carbocycles. The minimum atomic E-state index is -1.04. The third-order valence-corrected chi connectivity index (χ3v) is 3.48. The summed E-state index contributed by atoms with van der Waals surface area (Å²) in [5.74, 6) is -2.92. The van der Waals surface area contributed by atoms with E-state index in [2.05, 4.69) is 4.98 Å². The maximum Gasteiger partial charge on any atom is 0.153 e. The van der Waals surface area contributed by atoms with Gasteiger partial charge in [0.25, 0.3) is 0 Å². The molecule has 0 saturated carbocycles. The summed E-state index contributed by atoms with van der Waals surface area (Å²) in [6.07, 6.45) is 0. The Kier molecular flexibility index (Phi) is 3.55. The molecule has 0 fully saturated rings. The third-order valence-electron chi connectivity index (χ3n) is 3.01. The number of fused-ring (bicyclic) bond motifs is 1. The maximum atomic E-state index is 14.0. The van der Waals surface area contributed by atoms with Gasteiger partial charge in [0.2, 0.25) is 0 Å². The van der Waals surface area contributed by atoms with Crippen LogP contribution in [0.25, 0.3) is 16.7 Å². The molecule has 0 aliphatic rings. The van der Waals surface area contributed by atoms with Crippen LogP contribution in [0.1, 0.15) is 5.82 Å². The van der Waals surface area contributed by atoms with Gasteiger partial charge >= 0.3 is 0 Å². The van der Waals surface area contributed by atoms with Crippen molar-refractivity contribution in [3.05, 3.63) is 58.6 Å². The fourth-order valence-electron chi connectivity index (χ4n) is 2.19. The Morgan fingerprint density at radius 2 is 1.71 bits per heavy atom. The highest BCUT2D eigenvalue weighted by atomic mass is 35.5. The second kappa shape index (κ2) is 5.24. The zero-order valence-electron chi connectivity index (χ0n) is 10.4. The molecule has 3 aromatic rings. The van der Waals surface area contributed by atoms with Crippen molar-refractivity contribution in [2.24, 2.45) is 0 Å². The first-order valence-electron chi connectivity index (χ1n) is 5.89. The molecule has 0 aliphatic heterocycles. The van der Waals surface area contributed by atoms with Gasteiger partial charge in [0.15, 0.2) is 11.6 Å². The van der Waals surface area contributed by atoms with Gasteiger partial charge in [-0.05, 0) is 18.2 Å². The molecule has 0 radical (unpaired) electrons. The van der Waals surface area contributed by atoms with Crippen LogP contribution in [0.3, 0.4) is 0 Å². The van der Waals surface area contributed by atoms with Crippen molar-refractivity contribution >= 4 is 34.2 Å². The van der Waals surface area contributed by atoms with Gasteiger partial charge in [0.05, 0.1) is 16.9 Å². The van der Waals surface area contributed by atoms with E-state index in [-0.39, 0.29) is 11.7 Å². The molecule has 0 spiro atoms. The van der Waals surface area contributed by atoms with E-state index < -0.39 is 23.1 Å². The van der Waals surface area contributed by atoms with Crippen LogP contribution in [0.15, 0.2) is 30.3 Å². The van der Waals surface area contributed by atoms with Crippen molar-refractivity contribution in [3.63, 3.8) is 0 Å². The lowest BCUT2D eigenvalue weighted by atomic mass is 10.2. The number of alkyl halides is 1. The molecule has 0 saturated heterocycles. The largest absolute Gasteiger partial charge is 0.290 e. The molecule has 0 bridgehead atoms. The second-order valence-electron chi connectivity index (χ2n) is 4.35. The highest BCUT2D eigenvalue weighted by Crippen LogP contribution is 2.28. The van der Waals surface area contributed by atoms with E-state index in [0.717, 1.165) is 0 Å². The van der Waals surface area contributed by atoms with Crippen molar-refractivity contribution in [2.75, 3.05) is 0 Å². The van der Waals surface area contributed by atoms with E-state index in [1.807, 2.05) is 0 Å².